The third kappa shape index (κ3) is 4.12. The second kappa shape index (κ2) is 7.33. The van der Waals surface area contributed by atoms with Gasteiger partial charge < -0.3 is 9.80 Å². The summed E-state index contributed by atoms with van der Waals surface area (Å²) >= 11 is 0. The summed E-state index contributed by atoms with van der Waals surface area (Å²) in [6.07, 6.45) is 9.63. The number of halogens is 1. The Labute approximate surface area is 160 Å². The Bertz CT molecular complexity index is 466. The molecule has 0 bridgehead atoms. The molecule has 3 heterocycles. The van der Waals surface area contributed by atoms with Crippen molar-refractivity contribution in [3.05, 3.63) is 0 Å². The number of alkyl halides is 1. The Balaban J connectivity index is 1.19. The van der Waals surface area contributed by atoms with Crippen LogP contribution >= 0.6 is 0 Å². The molecule has 4 aliphatic rings. The van der Waals surface area contributed by atoms with Crippen molar-refractivity contribution in [1.82, 2.24) is 14.7 Å². The van der Waals surface area contributed by atoms with Gasteiger partial charge in [0.1, 0.15) is 5.67 Å². The monoisotopic (exact) mass is 365 g/mol. The number of nitrogens with zero attached hydrogens (tertiary/aromatic N) is 3. The highest BCUT2D eigenvalue weighted by Crippen LogP contribution is 2.50. The van der Waals surface area contributed by atoms with E-state index in [9.17, 15) is 0 Å². The van der Waals surface area contributed by atoms with Gasteiger partial charge in [0.25, 0.3) is 0 Å². The van der Waals surface area contributed by atoms with E-state index in [1.54, 1.807) is 0 Å². The molecule has 0 N–H and O–H groups in total. The normalized spacial score (nSPS) is 31.0. The second-order valence-corrected chi connectivity index (χ2v) is 10.3. The largest absolute Gasteiger partial charge is 0.304 e. The van der Waals surface area contributed by atoms with Crippen LogP contribution in [0.5, 0.6) is 0 Å². The molecule has 0 atom stereocenters. The fourth-order valence-electron chi connectivity index (χ4n) is 6.01. The summed E-state index contributed by atoms with van der Waals surface area (Å²) in [6, 6.07) is 0. The van der Waals surface area contributed by atoms with Gasteiger partial charge in [0.2, 0.25) is 0 Å². The van der Waals surface area contributed by atoms with E-state index < -0.39 is 5.67 Å². The first kappa shape index (κ1) is 19.1. The first-order valence-corrected chi connectivity index (χ1v) is 11.3. The van der Waals surface area contributed by atoms with Gasteiger partial charge in [0.05, 0.1) is 0 Å². The number of rotatable bonds is 7. The van der Waals surface area contributed by atoms with Crippen LogP contribution in [0.25, 0.3) is 0 Å². The van der Waals surface area contributed by atoms with Crippen molar-refractivity contribution in [1.29, 1.82) is 0 Å². The molecule has 0 aromatic carbocycles. The summed E-state index contributed by atoms with van der Waals surface area (Å²) in [5.41, 5.74) is 0.215. The minimum Gasteiger partial charge on any atom is -0.304 e. The van der Waals surface area contributed by atoms with Crippen LogP contribution in [0.4, 0.5) is 4.39 Å². The zero-order valence-electron chi connectivity index (χ0n) is 17.2. The van der Waals surface area contributed by atoms with Crippen LogP contribution in [0.1, 0.15) is 65.2 Å². The minimum absolute atomic E-state index is 0.529. The summed E-state index contributed by atoms with van der Waals surface area (Å²) in [5, 5.41) is 0. The van der Waals surface area contributed by atoms with Crippen molar-refractivity contribution >= 4 is 0 Å². The third-order valence-corrected chi connectivity index (χ3v) is 8.04. The van der Waals surface area contributed by atoms with Crippen molar-refractivity contribution in [3.63, 3.8) is 0 Å². The van der Waals surface area contributed by atoms with E-state index in [0.717, 1.165) is 39.0 Å². The third-order valence-electron chi connectivity index (χ3n) is 8.04. The molecular formula is C22H40FN3. The molecule has 4 heteroatoms. The average molecular weight is 366 g/mol. The van der Waals surface area contributed by atoms with Gasteiger partial charge in [-0.15, -0.1) is 0 Å². The van der Waals surface area contributed by atoms with Crippen molar-refractivity contribution in [3.8, 4) is 0 Å². The molecule has 0 aromatic rings. The molecular weight excluding hydrogens is 325 g/mol. The van der Waals surface area contributed by atoms with Gasteiger partial charge in [-0.2, -0.15) is 0 Å². The van der Waals surface area contributed by atoms with Crippen molar-refractivity contribution < 1.29 is 4.39 Å². The predicted molar refractivity (Wildman–Crippen MR) is 106 cm³/mol. The van der Waals surface area contributed by atoms with Crippen LogP contribution in [0.2, 0.25) is 0 Å². The van der Waals surface area contributed by atoms with E-state index in [4.69, 9.17) is 0 Å². The smallest absolute Gasteiger partial charge is 0.126 e. The Hall–Kier alpha value is -0.190. The molecule has 4 rings (SSSR count). The quantitative estimate of drug-likeness (QED) is 0.680. The zero-order valence-corrected chi connectivity index (χ0v) is 17.2. The lowest BCUT2D eigenvalue weighted by atomic mass is 9.71. The van der Waals surface area contributed by atoms with Gasteiger partial charge in [0, 0.05) is 39.3 Å². The van der Waals surface area contributed by atoms with Crippen LogP contribution in [-0.2, 0) is 0 Å². The van der Waals surface area contributed by atoms with E-state index in [0.29, 0.717) is 17.4 Å². The molecule has 0 radical (unpaired) electrons. The summed E-state index contributed by atoms with van der Waals surface area (Å²) in [7, 11) is 0. The molecule has 4 fully saturated rings. The Morgan fingerprint density at radius 2 is 1.35 bits per heavy atom. The summed E-state index contributed by atoms with van der Waals surface area (Å²) in [4.78, 5) is 7.56. The molecule has 1 saturated carbocycles. The topological polar surface area (TPSA) is 9.72 Å². The van der Waals surface area contributed by atoms with Gasteiger partial charge in [-0.05, 0) is 75.4 Å². The highest BCUT2D eigenvalue weighted by atomic mass is 19.1. The predicted octanol–water partition coefficient (Wildman–Crippen LogP) is 3.79. The van der Waals surface area contributed by atoms with Crippen molar-refractivity contribution in [2.24, 2.45) is 10.8 Å². The summed E-state index contributed by atoms with van der Waals surface area (Å²) in [5.74, 6) is 0. The van der Waals surface area contributed by atoms with Crippen molar-refractivity contribution in [2.75, 3.05) is 58.9 Å². The van der Waals surface area contributed by atoms with Gasteiger partial charge in [-0.1, -0.05) is 20.3 Å². The SMILES string of the molecule is CCCC1(CN2CCC(F)(CN3CC4(CCN(CC)CC4)C3)CC2)CC1. The lowest BCUT2D eigenvalue weighted by Gasteiger charge is -2.55. The second-order valence-electron chi connectivity index (χ2n) is 10.3. The van der Waals surface area contributed by atoms with E-state index in [1.807, 2.05) is 0 Å². The molecule has 26 heavy (non-hydrogen) atoms. The van der Waals surface area contributed by atoms with E-state index in [-0.39, 0.29) is 0 Å². The summed E-state index contributed by atoms with van der Waals surface area (Å²) < 4.78 is 15.4. The van der Waals surface area contributed by atoms with Crippen molar-refractivity contribution in [2.45, 2.75) is 70.9 Å². The molecule has 0 amide bonds. The van der Waals surface area contributed by atoms with E-state index in [1.165, 1.54) is 64.7 Å². The summed E-state index contributed by atoms with van der Waals surface area (Å²) in [6.45, 7) is 14.4. The van der Waals surface area contributed by atoms with Crippen LogP contribution in [0.3, 0.4) is 0 Å². The lowest BCUT2D eigenvalue weighted by molar-refractivity contribution is -0.0809. The molecule has 3 saturated heterocycles. The number of hydrogen-bond acceptors (Lipinski definition) is 3. The first-order valence-electron chi connectivity index (χ1n) is 11.3. The average Bonchev–Trinajstić information content (AvgIpc) is 3.36. The van der Waals surface area contributed by atoms with Crippen LogP contribution < -0.4 is 0 Å². The fraction of sp³-hybridized carbons (Fsp3) is 1.00. The molecule has 1 aliphatic carbocycles. The highest BCUT2D eigenvalue weighted by Gasteiger charge is 2.48. The van der Waals surface area contributed by atoms with Gasteiger partial charge in [0.15, 0.2) is 0 Å². The molecule has 1 spiro atoms. The maximum atomic E-state index is 15.4. The standard InChI is InChI=1S/C22H40FN3/c1-3-5-20(6-7-20)16-25-14-10-22(23,11-15-25)19-26-17-21(18-26)8-12-24(4-2)13-9-21/h3-19H2,1-2H3. The van der Waals surface area contributed by atoms with Crippen LogP contribution in [0, 0.1) is 10.8 Å². The number of likely N-dealkylation sites (tertiary alicyclic amines) is 3. The minimum atomic E-state index is -0.927. The Kier molecular flexibility index (Phi) is 5.39. The highest BCUT2D eigenvalue weighted by molar-refractivity contribution is 5.02. The zero-order chi connectivity index (χ0) is 18.3. The van der Waals surface area contributed by atoms with E-state index >= 15 is 4.39 Å². The molecule has 150 valence electrons. The molecule has 0 aromatic heterocycles. The molecule has 0 unspecified atom stereocenters. The maximum absolute atomic E-state index is 15.4. The first-order chi connectivity index (χ1) is 12.5. The van der Waals surface area contributed by atoms with Gasteiger partial charge in [-0.25, -0.2) is 4.39 Å². The molecule has 3 aliphatic heterocycles. The molecule has 3 nitrogen and oxygen atoms in total. The van der Waals surface area contributed by atoms with Gasteiger partial charge >= 0.3 is 0 Å². The number of hydrogen-bond donors (Lipinski definition) is 0. The number of piperidine rings is 2. The van der Waals surface area contributed by atoms with E-state index in [2.05, 4.69) is 28.5 Å². The van der Waals surface area contributed by atoms with Gasteiger partial charge in [-0.3, -0.25) is 4.90 Å². The maximum Gasteiger partial charge on any atom is 0.126 e. The Morgan fingerprint density at radius 1 is 0.731 bits per heavy atom. The van der Waals surface area contributed by atoms with Crippen LogP contribution in [-0.4, -0.2) is 79.3 Å². The van der Waals surface area contributed by atoms with Crippen LogP contribution in [0.15, 0.2) is 0 Å². The lowest BCUT2D eigenvalue weighted by Crippen LogP contribution is -2.63. The Morgan fingerprint density at radius 3 is 1.88 bits per heavy atom. The fourth-order valence-corrected chi connectivity index (χ4v) is 6.01.